The summed E-state index contributed by atoms with van der Waals surface area (Å²) in [5.41, 5.74) is 1.59. The first-order valence-corrected chi connectivity index (χ1v) is 7.88. The minimum atomic E-state index is -0.232. The fourth-order valence-corrected chi connectivity index (χ4v) is 2.01. The number of benzene rings is 2. The molecule has 2 aromatic carbocycles. The molecule has 2 aromatic rings. The van der Waals surface area contributed by atoms with Crippen LogP contribution < -0.4 is 14.8 Å². The largest absolute Gasteiger partial charge is 0.489 e. The van der Waals surface area contributed by atoms with Crippen molar-refractivity contribution in [1.29, 1.82) is 0 Å². The second-order valence-electron chi connectivity index (χ2n) is 5.06. The third-order valence-electron chi connectivity index (χ3n) is 2.79. The molecule has 0 radical (unpaired) electrons. The summed E-state index contributed by atoms with van der Waals surface area (Å²) >= 11 is 3.35. The summed E-state index contributed by atoms with van der Waals surface area (Å²) < 4.78 is 11.9. The Morgan fingerprint density at radius 2 is 1.78 bits per heavy atom. The Balaban J connectivity index is 1.86. The number of ether oxygens (including phenoxy) is 2. The number of amides is 1. The maximum atomic E-state index is 11.9. The van der Waals surface area contributed by atoms with Gasteiger partial charge in [0.1, 0.15) is 18.1 Å². The number of hydrogen-bond donors (Lipinski definition) is 1. The zero-order valence-corrected chi connectivity index (χ0v) is 14.4. The Morgan fingerprint density at radius 1 is 1.09 bits per heavy atom. The van der Waals surface area contributed by atoms with Crippen molar-refractivity contribution in [3.05, 3.63) is 65.2 Å². The molecule has 0 aliphatic rings. The molecule has 4 nitrogen and oxygen atoms in total. The molecule has 0 saturated heterocycles. The van der Waals surface area contributed by atoms with Gasteiger partial charge in [-0.15, -0.1) is 0 Å². The third-order valence-corrected chi connectivity index (χ3v) is 3.32. The zero-order valence-electron chi connectivity index (χ0n) is 12.8. The highest BCUT2D eigenvalue weighted by molar-refractivity contribution is 9.10. The van der Waals surface area contributed by atoms with Gasteiger partial charge in [0.05, 0.1) is 0 Å². The topological polar surface area (TPSA) is 47.6 Å². The van der Waals surface area contributed by atoms with Gasteiger partial charge in [-0.3, -0.25) is 4.79 Å². The highest BCUT2D eigenvalue weighted by atomic mass is 79.9. The number of anilines is 1. The van der Waals surface area contributed by atoms with Crippen molar-refractivity contribution in [2.75, 3.05) is 18.5 Å². The van der Waals surface area contributed by atoms with Gasteiger partial charge in [0.15, 0.2) is 6.61 Å². The fraction of sp³-hybridized carbons (Fsp3) is 0.167. The molecule has 0 unspecified atom stereocenters. The Kier molecular flexibility index (Phi) is 6.23. The van der Waals surface area contributed by atoms with Crippen molar-refractivity contribution in [2.24, 2.45) is 0 Å². The van der Waals surface area contributed by atoms with E-state index in [1.54, 1.807) is 24.3 Å². The molecular formula is C18H18BrNO3. The van der Waals surface area contributed by atoms with Crippen LogP contribution >= 0.6 is 15.9 Å². The SMILES string of the molecule is C=C(C)COc1cccc(NC(=O)COc2ccc(Br)cc2)c1. The number of carbonyl (C=O) groups excluding carboxylic acids is 1. The van der Waals surface area contributed by atoms with Crippen molar-refractivity contribution >= 4 is 27.5 Å². The van der Waals surface area contributed by atoms with E-state index in [4.69, 9.17) is 9.47 Å². The molecule has 5 heteroatoms. The van der Waals surface area contributed by atoms with E-state index >= 15 is 0 Å². The van der Waals surface area contributed by atoms with Crippen LogP contribution in [0.2, 0.25) is 0 Å². The number of rotatable bonds is 7. The van der Waals surface area contributed by atoms with Crippen LogP contribution in [0.5, 0.6) is 11.5 Å². The monoisotopic (exact) mass is 375 g/mol. The quantitative estimate of drug-likeness (QED) is 0.728. The van der Waals surface area contributed by atoms with Gasteiger partial charge in [-0.05, 0) is 48.9 Å². The molecule has 1 N–H and O–H groups in total. The van der Waals surface area contributed by atoms with Crippen LogP contribution in [-0.4, -0.2) is 19.1 Å². The summed E-state index contributed by atoms with van der Waals surface area (Å²) in [6.07, 6.45) is 0. The predicted octanol–water partition coefficient (Wildman–Crippen LogP) is 4.42. The third kappa shape index (κ3) is 6.16. The predicted molar refractivity (Wildman–Crippen MR) is 95.0 cm³/mol. The van der Waals surface area contributed by atoms with Crippen LogP contribution in [-0.2, 0) is 4.79 Å². The summed E-state index contributed by atoms with van der Waals surface area (Å²) in [4.78, 5) is 11.9. The van der Waals surface area contributed by atoms with Crippen LogP contribution in [0, 0.1) is 0 Å². The Bertz CT molecular complexity index is 683. The van der Waals surface area contributed by atoms with Crippen LogP contribution in [0.1, 0.15) is 6.92 Å². The lowest BCUT2D eigenvalue weighted by Crippen LogP contribution is -2.20. The highest BCUT2D eigenvalue weighted by Crippen LogP contribution is 2.18. The first-order valence-electron chi connectivity index (χ1n) is 7.08. The van der Waals surface area contributed by atoms with Gasteiger partial charge < -0.3 is 14.8 Å². The van der Waals surface area contributed by atoms with E-state index in [1.165, 1.54) is 0 Å². The Morgan fingerprint density at radius 3 is 2.48 bits per heavy atom. The van der Waals surface area contributed by atoms with Crippen LogP contribution in [0.3, 0.4) is 0 Å². The summed E-state index contributed by atoms with van der Waals surface area (Å²) in [5, 5.41) is 2.78. The maximum Gasteiger partial charge on any atom is 0.262 e. The summed E-state index contributed by atoms with van der Waals surface area (Å²) in [7, 11) is 0. The first-order chi connectivity index (χ1) is 11.0. The number of hydrogen-bond acceptors (Lipinski definition) is 3. The molecule has 0 saturated carbocycles. The summed E-state index contributed by atoms with van der Waals surface area (Å²) in [6.45, 7) is 6.07. The Hall–Kier alpha value is -2.27. The number of nitrogens with one attached hydrogen (secondary N) is 1. The minimum absolute atomic E-state index is 0.0571. The van der Waals surface area contributed by atoms with Crippen molar-refractivity contribution < 1.29 is 14.3 Å². The van der Waals surface area contributed by atoms with E-state index in [9.17, 15) is 4.79 Å². The molecule has 120 valence electrons. The fourth-order valence-electron chi connectivity index (χ4n) is 1.75. The van der Waals surface area contributed by atoms with Gasteiger partial charge in [0.2, 0.25) is 0 Å². The molecule has 0 spiro atoms. The molecule has 0 fully saturated rings. The molecule has 0 atom stereocenters. The van der Waals surface area contributed by atoms with Gasteiger partial charge in [0.25, 0.3) is 5.91 Å². The second-order valence-corrected chi connectivity index (χ2v) is 5.98. The molecule has 2 rings (SSSR count). The lowest BCUT2D eigenvalue weighted by Gasteiger charge is -2.10. The second kappa shape index (κ2) is 8.39. The molecule has 0 aliphatic heterocycles. The van der Waals surface area contributed by atoms with Crippen molar-refractivity contribution in [3.63, 3.8) is 0 Å². The van der Waals surface area contributed by atoms with E-state index in [-0.39, 0.29) is 12.5 Å². The van der Waals surface area contributed by atoms with E-state index in [2.05, 4.69) is 27.8 Å². The normalized spacial score (nSPS) is 10.0. The van der Waals surface area contributed by atoms with Crippen molar-refractivity contribution in [1.82, 2.24) is 0 Å². The molecule has 0 bridgehead atoms. The van der Waals surface area contributed by atoms with E-state index in [0.717, 1.165) is 10.0 Å². The molecule has 1 amide bonds. The average Bonchev–Trinajstić information content (AvgIpc) is 2.53. The lowest BCUT2D eigenvalue weighted by atomic mass is 10.3. The number of halogens is 1. The molecular weight excluding hydrogens is 358 g/mol. The minimum Gasteiger partial charge on any atom is -0.489 e. The van der Waals surface area contributed by atoms with E-state index in [1.807, 2.05) is 31.2 Å². The van der Waals surface area contributed by atoms with Gasteiger partial charge in [-0.25, -0.2) is 0 Å². The highest BCUT2D eigenvalue weighted by Gasteiger charge is 2.05. The van der Waals surface area contributed by atoms with Crippen LogP contribution in [0.25, 0.3) is 0 Å². The molecule has 0 aliphatic carbocycles. The molecule has 23 heavy (non-hydrogen) atoms. The summed E-state index contributed by atoms with van der Waals surface area (Å²) in [6, 6.07) is 14.5. The van der Waals surface area contributed by atoms with Crippen LogP contribution in [0.15, 0.2) is 65.2 Å². The molecule has 0 aromatic heterocycles. The van der Waals surface area contributed by atoms with E-state index < -0.39 is 0 Å². The smallest absolute Gasteiger partial charge is 0.262 e. The standard InChI is InChI=1S/C18H18BrNO3/c1-13(2)11-22-17-5-3-4-15(10-17)20-18(21)12-23-16-8-6-14(19)7-9-16/h3-10H,1,11-12H2,2H3,(H,20,21). The summed E-state index contributed by atoms with van der Waals surface area (Å²) in [5.74, 6) is 1.09. The zero-order chi connectivity index (χ0) is 16.7. The van der Waals surface area contributed by atoms with Gasteiger partial charge in [-0.2, -0.15) is 0 Å². The van der Waals surface area contributed by atoms with E-state index in [0.29, 0.717) is 23.8 Å². The van der Waals surface area contributed by atoms with Crippen molar-refractivity contribution in [2.45, 2.75) is 6.92 Å². The lowest BCUT2D eigenvalue weighted by molar-refractivity contribution is -0.118. The maximum absolute atomic E-state index is 11.9. The van der Waals surface area contributed by atoms with Gasteiger partial charge in [-0.1, -0.05) is 28.6 Å². The first kappa shape index (κ1) is 17.1. The number of carbonyl (C=O) groups is 1. The van der Waals surface area contributed by atoms with Crippen LogP contribution in [0.4, 0.5) is 5.69 Å². The Labute approximate surface area is 144 Å². The molecule has 0 heterocycles. The van der Waals surface area contributed by atoms with Gasteiger partial charge in [0, 0.05) is 16.2 Å². The van der Waals surface area contributed by atoms with Crippen molar-refractivity contribution in [3.8, 4) is 11.5 Å². The average molecular weight is 376 g/mol. The van der Waals surface area contributed by atoms with Gasteiger partial charge >= 0.3 is 0 Å².